The van der Waals surface area contributed by atoms with Crippen LogP contribution in [0.5, 0.6) is 5.75 Å². The van der Waals surface area contributed by atoms with Crippen molar-refractivity contribution in [1.29, 1.82) is 5.26 Å². The van der Waals surface area contributed by atoms with Gasteiger partial charge in [-0.3, -0.25) is 0 Å². The third kappa shape index (κ3) is 3.21. The number of nitriles is 1. The van der Waals surface area contributed by atoms with Crippen LogP contribution >= 0.6 is 0 Å². The van der Waals surface area contributed by atoms with Gasteiger partial charge in [0.2, 0.25) is 0 Å². The van der Waals surface area contributed by atoms with E-state index in [4.69, 9.17) is 15.7 Å². The fourth-order valence-corrected chi connectivity index (χ4v) is 2.21. The van der Waals surface area contributed by atoms with Crippen LogP contribution in [0.2, 0.25) is 0 Å². The number of rotatable bonds is 4. The number of ether oxygens (including phenoxy) is 1. The Labute approximate surface area is 123 Å². The standard InChI is InChI=1S/C17H17FN2O/c1-11-6-3-4-7-13(11)17(12(2)20)21-16-9-5-8-15(18)14(16)10-19/h3-9,12,17H,20H2,1-2H3. The molecule has 2 atom stereocenters. The van der Waals surface area contributed by atoms with Gasteiger partial charge in [0.1, 0.15) is 29.3 Å². The fraction of sp³-hybridized carbons (Fsp3) is 0.235. The highest BCUT2D eigenvalue weighted by atomic mass is 19.1. The quantitative estimate of drug-likeness (QED) is 0.935. The maximum Gasteiger partial charge on any atom is 0.144 e. The molecular weight excluding hydrogens is 267 g/mol. The number of hydrogen-bond donors (Lipinski definition) is 1. The molecule has 0 aliphatic heterocycles. The summed E-state index contributed by atoms with van der Waals surface area (Å²) in [5.74, 6) is -0.383. The molecule has 0 spiro atoms. The van der Waals surface area contributed by atoms with Gasteiger partial charge >= 0.3 is 0 Å². The molecule has 0 saturated carbocycles. The van der Waals surface area contributed by atoms with Crippen LogP contribution in [0.3, 0.4) is 0 Å². The van der Waals surface area contributed by atoms with Crippen LogP contribution in [0.4, 0.5) is 4.39 Å². The summed E-state index contributed by atoms with van der Waals surface area (Å²) < 4.78 is 19.5. The molecule has 4 heteroatoms. The van der Waals surface area contributed by atoms with Gasteiger partial charge in [-0.1, -0.05) is 30.3 Å². The monoisotopic (exact) mass is 284 g/mol. The van der Waals surface area contributed by atoms with Gasteiger partial charge in [0.15, 0.2) is 0 Å². The lowest BCUT2D eigenvalue weighted by atomic mass is 9.99. The molecule has 2 N–H and O–H groups in total. The van der Waals surface area contributed by atoms with E-state index in [9.17, 15) is 4.39 Å². The molecule has 21 heavy (non-hydrogen) atoms. The second-order valence-corrected chi connectivity index (χ2v) is 4.98. The Morgan fingerprint density at radius 3 is 2.52 bits per heavy atom. The van der Waals surface area contributed by atoms with Gasteiger partial charge in [0, 0.05) is 6.04 Å². The van der Waals surface area contributed by atoms with Gasteiger partial charge in [-0.25, -0.2) is 4.39 Å². The zero-order valence-corrected chi connectivity index (χ0v) is 12.0. The molecule has 0 heterocycles. The van der Waals surface area contributed by atoms with Crippen molar-refractivity contribution in [3.63, 3.8) is 0 Å². The Morgan fingerprint density at radius 2 is 1.90 bits per heavy atom. The van der Waals surface area contributed by atoms with Gasteiger partial charge < -0.3 is 10.5 Å². The summed E-state index contributed by atoms with van der Waals surface area (Å²) >= 11 is 0. The van der Waals surface area contributed by atoms with Crippen molar-refractivity contribution in [2.75, 3.05) is 0 Å². The Kier molecular flexibility index (Phi) is 4.56. The second kappa shape index (κ2) is 6.38. The minimum atomic E-state index is -0.594. The summed E-state index contributed by atoms with van der Waals surface area (Å²) in [6.45, 7) is 3.79. The molecule has 2 aromatic carbocycles. The molecule has 0 aliphatic carbocycles. The van der Waals surface area contributed by atoms with Crippen molar-refractivity contribution in [3.8, 4) is 11.8 Å². The molecule has 0 aliphatic rings. The Bertz CT molecular complexity index is 677. The molecule has 108 valence electrons. The van der Waals surface area contributed by atoms with Gasteiger partial charge in [-0.15, -0.1) is 0 Å². The van der Waals surface area contributed by atoms with E-state index in [1.807, 2.05) is 44.2 Å². The number of aryl methyl sites for hydroxylation is 1. The lowest BCUT2D eigenvalue weighted by Crippen LogP contribution is -2.29. The minimum Gasteiger partial charge on any atom is -0.483 e. The molecule has 2 unspecified atom stereocenters. The first-order valence-electron chi connectivity index (χ1n) is 6.71. The Morgan fingerprint density at radius 1 is 1.19 bits per heavy atom. The lowest BCUT2D eigenvalue weighted by molar-refractivity contribution is 0.178. The first kappa shape index (κ1) is 15.0. The van der Waals surface area contributed by atoms with Crippen LogP contribution in [0.15, 0.2) is 42.5 Å². The highest BCUT2D eigenvalue weighted by Crippen LogP contribution is 2.29. The SMILES string of the molecule is Cc1ccccc1C(Oc1cccc(F)c1C#N)C(C)N. The average molecular weight is 284 g/mol. The molecule has 0 amide bonds. The van der Waals surface area contributed by atoms with Crippen molar-refractivity contribution < 1.29 is 9.13 Å². The van der Waals surface area contributed by atoms with Crippen LogP contribution in [0.1, 0.15) is 29.7 Å². The molecule has 0 fully saturated rings. The van der Waals surface area contributed by atoms with Crippen molar-refractivity contribution in [3.05, 3.63) is 65.0 Å². The summed E-state index contributed by atoms with van der Waals surface area (Å²) in [5.41, 5.74) is 7.88. The summed E-state index contributed by atoms with van der Waals surface area (Å²) in [6, 6.07) is 13.6. The minimum absolute atomic E-state index is 0.100. The van der Waals surface area contributed by atoms with Gasteiger partial charge in [-0.2, -0.15) is 5.26 Å². The van der Waals surface area contributed by atoms with E-state index in [0.717, 1.165) is 11.1 Å². The van der Waals surface area contributed by atoms with E-state index in [-0.39, 0.29) is 17.4 Å². The van der Waals surface area contributed by atoms with Crippen LogP contribution in [0.25, 0.3) is 0 Å². The van der Waals surface area contributed by atoms with Crippen LogP contribution in [0, 0.1) is 24.1 Å². The Balaban J connectivity index is 2.41. The van der Waals surface area contributed by atoms with E-state index in [1.165, 1.54) is 12.1 Å². The zero-order chi connectivity index (χ0) is 15.4. The summed E-state index contributed by atoms with van der Waals surface area (Å²) in [7, 11) is 0. The number of nitrogens with two attached hydrogens (primary N) is 1. The predicted molar refractivity (Wildman–Crippen MR) is 79.3 cm³/mol. The van der Waals surface area contributed by atoms with E-state index >= 15 is 0 Å². The molecule has 2 rings (SSSR count). The molecule has 0 saturated heterocycles. The maximum atomic E-state index is 13.6. The van der Waals surface area contributed by atoms with Gasteiger partial charge in [-0.05, 0) is 37.1 Å². The topological polar surface area (TPSA) is 59.0 Å². The molecule has 3 nitrogen and oxygen atoms in total. The first-order valence-corrected chi connectivity index (χ1v) is 6.71. The largest absolute Gasteiger partial charge is 0.483 e. The molecule has 0 radical (unpaired) electrons. The molecular formula is C17H17FN2O. The van der Waals surface area contributed by atoms with Crippen molar-refractivity contribution >= 4 is 0 Å². The Hall–Kier alpha value is -2.38. The third-order valence-electron chi connectivity index (χ3n) is 3.31. The molecule has 0 bridgehead atoms. The average Bonchev–Trinajstić information content (AvgIpc) is 2.45. The summed E-state index contributed by atoms with van der Waals surface area (Å²) in [4.78, 5) is 0. The number of nitrogens with zero attached hydrogens (tertiary/aromatic N) is 1. The van der Waals surface area contributed by atoms with Gasteiger partial charge in [0.25, 0.3) is 0 Å². The zero-order valence-electron chi connectivity index (χ0n) is 12.0. The van der Waals surface area contributed by atoms with E-state index in [2.05, 4.69) is 0 Å². The van der Waals surface area contributed by atoms with Crippen molar-refractivity contribution in [2.45, 2.75) is 26.0 Å². The van der Waals surface area contributed by atoms with Gasteiger partial charge in [0.05, 0.1) is 0 Å². The van der Waals surface area contributed by atoms with Crippen LogP contribution < -0.4 is 10.5 Å². The van der Waals surface area contributed by atoms with Crippen molar-refractivity contribution in [1.82, 2.24) is 0 Å². The van der Waals surface area contributed by atoms with E-state index < -0.39 is 11.9 Å². The maximum absolute atomic E-state index is 13.6. The molecule has 0 aromatic heterocycles. The molecule has 2 aromatic rings. The fourth-order valence-electron chi connectivity index (χ4n) is 2.21. The highest BCUT2D eigenvalue weighted by Gasteiger charge is 2.22. The number of hydrogen-bond acceptors (Lipinski definition) is 3. The normalized spacial score (nSPS) is 13.3. The van der Waals surface area contributed by atoms with E-state index in [1.54, 1.807) is 6.07 Å². The smallest absolute Gasteiger partial charge is 0.144 e. The third-order valence-corrected chi connectivity index (χ3v) is 3.31. The number of benzene rings is 2. The second-order valence-electron chi connectivity index (χ2n) is 4.98. The lowest BCUT2D eigenvalue weighted by Gasteiger charge is -2.25. The van der Waals surface area contributed by atoms with Crippen molar-refractivity contribution in [2.24, 2.45) is 5.73 Å². The summed E-state index contributed by atoms with van der Waals surface area (Å²) in [6.07, 6.45) is -0.444. The van der Waals surface area contributed by atoms with Crippen LogP contribution in [-0.2, 0) is 0 Å². The highest BCUT2D eigenvalue weighted by molar-refractivity contribution is 5.44. The van der Waals surface area contributed by atoms with E-state index in [0.29, 0.717) is 0 Å². The number of halogens is 1. The summed E-state index contributed by atoms with van der Waals surface area (Å²) in [5, 5.41) is 9.07. The first-order chi connectivity index (χ1) is 10.0. The van der Waals surface area contributed by atoms with Crippen LogP contribution in [-0.4, -0.2) is 6.04 Å². The predicted octanol–water partition coefficient (Wildman–Crippen LogP) is 3.47.